The summed E-state index contributed by atoms with van der Waals surface area (Å²) < 4.78 is 18.4. The SMILES string of the molecule is CCOC(=O)C1CCCN(C(=O)c2cc3oc(Br)cc3n2CCOC)C1. The van der Waals surface area contributed by atoms with Gasteiger partial charge in [-0.1, -0.05) is 0 Å². The molecule has 0 radical (unpaired) electrons. The van der Waals surface area contributed by atoms with Crippen molar-refractivity contribution in [3.05, 3.63) is 22.5 Å². The lowest BCUT2D eigenvalue weighted by Crippen LogP contribution is -2.43. The van der Waals surface area contributed by atoms with E-state index in [9.17, 15) is 9.59 Å². The van der Waals surface area contributed by atoms with Crippen LogP contribution < -0.4 is 0 Å². The van der Waals surface area contributed by atoms with Crippen molar-refractivity contribution in [2.45, 2.75) is 26.3 Å². The van der Waals surface area contributed by atoms with Crippen molar-refractivity contribution in [3.8, 4) is 0 Å². The molecule has 1 saturated heterocycles. The summed E-state index contributed by atoms with van der Waals surface area (Å²) in [6, 6.07) is 3.60. The molecular formula is C18H23BrN2O5. The molecule has 142 valence electrons. The maximum Gasteiger partial charge on any atom is 0.310 e. The number of carbonyl (C=O) groups excluding carboxylic acids is 2. The minimum atomic E-state index is -0.257. The van der Waals surface area contributed by atoms with Crippen molar-refractivity contribution in [1.82, 2.24) is 9.47 Å². The van der Waals surface area contributed by atoms with Gasteiger partial charge in [0.05, 0.1) is 24.6 Å². The van der Waals surface area contributed by atoms with E-state index in [2.05, 4.69) is 15.9 Å². The Labute approximate surface area is 160 Å². The van der Waals surface area contributed by atoms with E-state index in [0.29, 0.717) is 48.8 Å². The quantitative estimate of drug-likeness (QED) is 0.663. The third-order valence-electron chi connectivity index (χ3n) is 4.63. The number of carbonyl (C=O) groups is 2. The standard InChI is InChI=1S/C18H23BrN2O5/c1-3-25-18(23)12-5-4-6-20(11-12)17(22)14-9-15-13(10-16(19)26-15)21(14)7-8-24-2/h9-10,12H,3-8,11H2,1-2H3. The topological polar surface area (TPSA) is 73.9 Å². The highest BCUT2D eigenvalue weighted by atomic mass is 79.9. The third-order valence-corrected chi connectivity index (χ3v) is 5.02. The molecule has 2 aromatic heterocycles. The maximum absolute atomic E-state index is 13.1. The van der Waals surface area contributed by atoms with E-state index in [-0.39, 0.29) is 17.8 Å². The number of fused-ring (bicyclic) bond motifs is 1. The summed E-state index contributed by atoms with van der Waals surface area (Å²) in [5, 5.41) is 0. The Morgan fingerprint density at radius 1 is 1.38 bits per heavy atom. The second kappa shape index (κ2) is 8.26. The zero-order valence-electron chi connectivity index (χ0n) is 15.0. The van der Waals surface area contributed by atoms with Gasteiger partial charge in [0.2, 0.25) is 0 Å². The highest BCUT2D eigenvalue weighted by Crippen LogP contribution is 2.29. The number of likely N-dealkylation sites (tertiary alicyclic amines) is 1. The number of methoxy groups -OCH3 is 1. The van der Waals surface area contributed by atoms with Gasteiger partial charge in [-0.2, -0.15) is 0 Å². The minimum absolute atomic E-state index is 0.0994. The summed E-state index contributed by atoms with van der Waals surface area (Å²) in [5.41, 5.74) is 2.04. The number of ether oxygens (including phenoxy) is 2. The van der Waals surface area contributed by atoms with Crippen LogP contribution in [0.5, 0.6) is 0 Å². The average molecular weight is 427 g/mol. The molecule has 2 aromatic rings. The zero-order chi connectivity index (χ0) is 18.7. The fourth-order valence-electron chi connectivity index (χ4n) is 3.39. The molecule has 1 unspecified atom stereocenters. The van der Waals surface area contributed by atoms with E-state index in [0.717, 1.165) is 18.4 Å². The first-order valence-corrected chi connectivity index (χ1v) is 9.57. The molecule has 0 bridgehead atoms. The Kier molecular flexibility index (Phi) is 6.03. The van der Waals surface area contributed by atoms with E-state index in [1.807, 2.05) is 10.6 Å². The fourth-order valence-corrected chi connectivity index (χ4v) is 3.78. The van der Waals surface area contributed by atoms with Crippen LogP contribution in [0.4, 0.5) is 0 Å². The first-order valence-electron chi connectivity index (χ1n) is 8.78. The van der Waals surface area contributed by atoms with Crippen LogP contribution in [-0.2, 0) is 20.8 Å². The maximum atomic E-state index is 13.1. The molecule has 0 saturated carbocycles. The van der Waals surface area contributed by atoms with Gasteiger partial charge < -0.3 is 23.4 Å². The summed E-state index contributed by atoms with van der Waals surface area (Å²) in [5.74, 6) is -0.581. The molecule has 1 aliphatic rings. The molecular weight excluding hydrogens is 404 g/mol. The minimum Gasteiger partial charge on any atom is -0.466 e. The van der Waals surface area contributed by atoms with E-state index < -0.39 is 0 Å². The number of hydrogen-bond donors (Lipinski definition) is 0. The van der Waals surface area contributed by atoms with Crippen molar-refractivity contribution in [2.75, 3.05) is 33.4 Å². The second-order valence-electron chi connectivity index (χ2n) is 6.32. The Bertz CT molecular complexity index is 797. The number of nitrogens with zero attached hydrogens (tertiary/aromatic N) is 2. The summed E-state index contributed by atoms with van der Waals surface area (Å²) in [6.45, 7) is 4.20. The monoisotopic (exact) mass is 426 g/mol. The average Bonchev–Trinajstić information content (AvgIpc) is 3.15. The van der Waals surface area contributed by atoms with E-state index in [1.165, 1.54) is 0 Å². The van der Waals surface area contributed by atoms with Gasteiger partial charge in [-0.05, 0) is 35.7 Å². The Morgan fingerprint density at radius 3 is 2.92 bits per heavy atom. The lowest BCUT2D eigenvalue weighted by Gasteiger charge is -2.31. The molecule has 0 spiro atoms. The van der Waals surface area contributed by atoms with Gasteiger partial charge in [-0.3, -0.25) is 9.59 Å². The van der Waals surface area contributed by atoms with Gasteiger partial charge >= 0.3 is 5.97 Å². The predicted molar refractivity (Wildman–Crippen MR) is 99.0 cm³/mol. The van der Waals surface area contributed by atoms with Crippen molar-refractivity contribution < 1.29 is 23.5 Å². The van der Waals surface area contributed by atoms with E-state index in [1.54, 1.807) is 25.0 Å². The molecule has 26 heavy (non-hydrogen) atoms. The van der Waals surface area contributed by atoms with E-state index >= 15 is 0 Å². The highest BCUT2D eigenvalue weighted by Gasteiger charge is 2.31. The number of aromatic nitrogens is 1. The van der Waals surface area contributed by atoms with Crippen molar-refractivity contribution in [2.24, 2.45) is 5.92 Å². The number of halogens is 1. The first-order chi connectivity index (χ1) is 12.5. The number of hydrogen-bond acceptors (Lipinski definition) is 5. The van der Waals surface area contributed by atoms with Crippen LogP contribution in [0.2, 0.25) is 0 Å². The molecule has 3 heterocycles. The second-order valence-corrected chi connectivity index (χ2v) is 7.10. The van der Waals surface area contributed by atoms with Gasteiger partial charge in [0.15, 0.2) is 10.3 Å². The van der Waals surface area contributed by atoms with Crippen molar-refractivity contribution in [3.63, 3.8) is 0 Å². The van der Waals surface area contributed by atoms with Gasteiger partial charge in [0.25, 0.3) is 5.91 Å². The zero-order valence-corrected chi connectivity index (χ0v) is 16.6. The molecule has 1 amide bonds. The summed E-state index contributed by atoms with van der Waals surface area (Å²) in [4.78, 5) is 26.9. The lowest BCUT2D eigenvalue weighted by atomic mass is 9.98. The van der Waals surface area contributed by atoms with Gasteiger partial charge in [0, 0.05) is 38.9 Å². The number of furan rings is 1. The predicted octanol–water partition coefficient (Wildman–Crippen LogP) is 3.06. The Balaban J connectivity index is 1.84. The number of rotatable bonds is 6. The molecule has 8 heteroatoms. The summed E-state index contributed by atoms with van der Waals surface area (Å²) in [6.07, 6.45) is 1.54. The Hall–Kier alpha value is -1.80. The van der Waals surface area contributed by atoms with Crippen LogP contribution >= 0.6 is 15.9 Å². The van der Waals surface area contributed by atoms with Crippen molar-refractivity contribution in [1.29, 1.82) is 0 Å². The fraction of sp³-hybridized carbons (Fsp3) is 0.556. The summed E-state index contributed by atoms with van der Waals surface area (Å²) >= 11 is 3.32. The van der Waals surface area contributed by atoms with E-state index in [4.69, 9.17) is 13.9 Å². The first kappa shape index (κ1) is 19.0. The van der Waals surface area contributed by atoms with Gasteiger partial charge in [-0.25, -0.2) is 0 Å². The van der Waals surface area contributed by atoms with Crippen LogP contribution in [0.25, 0.3) is 11.1 Å². The van der Waals surface area contributed by atoms with Crippen LogP contribution in [0.3, 0.4) is 0 Å². The molecule has 7 nitrogen and oxygen atoms in total. The summed E-state index contributed by atoms with van der Waals surface area (Å²) in [7, 11) is 1.63. The molecule has 0 aliphatic carbocycles. The van der Waals surface area contributed by atoms with Gasteiger partial charge in [-0.15, -0.1) is 0 Å². The number of piperidine rings is 1. The third kappa shape index (κ3) is 3.81. The Morgan fingerprint density at radius 2 is 2.19 bits per heavy atom. The van der Waals surface area contributed by atoms with Crippen molar-refractivity contribution >= 4 is 38.9 Å². The number of amides is 1. The smallest absolute Gasteiger partial charge is 0.310 e. The molecule has 0 aromatic carbocycles. The molecule has 1 aliphatic heterocycles. The normalized spacial score (nSPS) is 17.7. The van der Waals surface area contributed by atoms with Crippen LogP contribution in [0.1, 0.15) is 30.3 Å². The molecule has 3 rings (SSSR count). The van der Waals surface area contributed by atoms with Crippen LogP contribution in [0, 0.1) is 5.92 Å². The lowest BCUT2D eigenvalue weighted by molar-refractivity contribution is -0.149. The molecule has 0 N–H and O–H groups in total. The highest BCUT2D eigenvalue weighted by molar-refractivity contribution is 9.10. The molecule has 1 fully saturated rings. The van der Waals surface area contributed by atoms with Crippen LogP contribution in [-0.4, -0.2) is 54.8 Å². The number of esters is 1. The largest absolute Gasteiger partial charge is 0.466 e. The van der Waals surface area contributed by atoms with Crippen LogP contribution in [0.15, 0.2) is 21.2 Å². The van der Waals surface area contributed by atoms with Gasteiger partial charge in [0.1, 0.15) is 5.69 Å². The molecule has 1 atom stereocenters.